The summed E-state index contributed by atoms with van der Waals surface area (Å²) in [5.74, 6) is 0.00712. The van der Waals surface area contributed by atoms with Crippen molar-refractivity contribution in [2.45, 2.75) is 6.42 Å². The van der Waals surface area contributed by atoms with Crippen molar-refractivity contribution in [2.75, 3.05) is 18.5 Å². The number of hydrogen-bond acceptors (Lipinski definition) is 5. The predicted molar refractivity (Wildman–Crippen MR) is 78.0 cm³/mol. The molecule has 0 radical (unpaired) electrons. The van der Waals surface area contributed by atoms with Crippen LogP contribution in [0.1, 0.15) is 11.4 Å². The number of rotatable bonds is 5. The van der Waals surface area contributed by atoms with Gasteiger partial charge in [0.15, 0.2) is 5.84 Å². The lowest BCUT2D eigenvalue weighted by Crippen LogP contribution is -2.21. The number of oxime groups is 1. The normalized spacial score (nSPS) is 11.3. The Bertz CT molecular complexity index is 568. The van der Waals surface area contributed by atoms with Crippen molar-refractivity contribution >= 4 is 11.5 Å². The van der Waals surface area contributed by atoms with E-state index in [1.807, 2.05) is 31.3 Å². The third kappa shape index (κ3) is 3.44. The first kappa shape index (κ1) is 13.8. The Hall–Kier alpha value is -2.63. The minimum Gasteiger partial charge on any atom is -0.409 e. The molecule has 0 fully saturated rings. The zero-order chi connectivity index (χ0) is 14.4. The van der Waals surface area contributed by atoms with E-state index < -0.39 is 0 Å². The molecule has 2 heterocycles. The summed E-state index contributed by atoms with van der Waals surface area (Å²) in [6, 6.07) is 9.51. The third-order valence-corrected chi connectivity index (χ3v) is 2.99. The summed E-state index contributed by atoms with van der Waals surface area (Å²) >= 11 is 0. The quantitative estimate of drug-likeness (QED) is 0.370. The highest BCUT2D eigenvalue weighted by molar-refractivity contribution is 5.95. The maximum atomic E-state index is 8.58. The Labute approximate surface area is 117 Å². The van der Waals surface area contributed by atoms with Gasteiger partial charge in [-0.2, -0.15) is 0 Å². The van der Waals surface area contributed by atoms with Gasteiger partial charge >= 0.3 is 0 Å². The molecular formula is C14H17N5O. The van der Waals surface area contributed by atoms with Crippen molar-refractivity contribution < 1.29 is 5.21 Å². The fourth-order valence-corrected chi connectivity index (χ4v) is 1.77. The topological polar surface area (TPSA) is 87.6 Å². The highest BCUT2D eigenvalue weighted by Gasteiger charge is 2.05. The number of amidine groups is 1. The van der Waals surface area contributed by atoms with E-state index in [0.29, 0.717) is 5.69 Å². The number of nitrogens with two attached hydrogens (primary N) is 1. The second kappa shape index (κ2) is 6.51. The van der Waals surface area contributed by atoms with Crippen molar-refractivity contribution in [3.05, 3.63) is 54.1 Å². The monoisotopic (exact) mass is 271 g/mol. The molecule has 0 saturated carbocycles. The summed E-state index contributed by atoms with van der Waals surface area (Å²) in [6.45, 7) is 0.835. The van der Waals surface area contributed by atoms with E-state index in [-0.39, 0.29) is 5.84 Å². The molecule has 0 bridgehead atoms. The van der Waals surface area contributed by atoms with Gasteiger partial charge in [-0.05, 0) is 24.3 Å². The fourth-order valence-electron chi connectivity index (χ4n) is 1.77. The van der Waals surface area contributed by atoms with E-state index in [2.05, 4.69) is 20.0 Å². The summed E-state index contributed by atoms with van der Waals surface area (Å²) in [6.07, 6.45) is 4.35. The van der Waals surface area contributed by atoms with E-state index in [0.717, 1.165) is 24.3 Å². The number of hydrogen-bond donors (Lipinski definition) is 2. The summed E-state index contributed by atoms with van der Waals surface area (Å²) < 4.78 is 0. The maximum absolute atomic E-state index is 8.58. The van der Waals surface area contributed by atoms with Crippen LogP contribution in [0.4, 0.5) is 5.69 Å². The second-order valence-corrected chi connectivity index (χ2v) is 4.38. The van der Waals surface area contributed by atoms with Crippen LogP contribution >= 0.6 is 0 Å². The number of aromatic nitrogens is 2. The van der Waals surface area contributed by atoms with Crippen LogP contribution in [0, 0.1) is 0 Å². The molecule has 6 nitrogen and oxygen atoms in total. The lowest BCUT2D eigenvalue weighted by Gasteiger charge is -2.18. The van der Waals surface area contributed by atoms with Crippen molar-refractivity contribution in [1.29, 1.82) is 0 Å². The average molecular weight is 271 g/mol. The Morgan fingerprint density at radius 1 is 1.30 bits per heavy atom. The molecule has 0 aliphatic heterocycles. The largest absolute Gasteiger partial charge is 0.409 e. The molecule has 0 unspecified atom stereocenters. The van der Waals surface area contributed by atoms with Gasteiger partial charge < -0.3 is 15.8 Å². The van der Waals surface area contributed by atoms with Gasteiger partial charge in [-0.25, -0.2) is 0 Å². The van der Waals surface area contributed by atoms with Crippen molar-refractivity contribution in [3.63, 3.8) is 0 Å². The van der Waals surface area contributed by atoms with Gasteiger partial charge in [-0.3, -0.25) is 9.97 Å². The average Bonchev–Trinajstić information content (AvgIpc) is 2.53. The van der Waals surface area contributed by atoms with Crippen LogP contribution < -0.4 is 10.6 Å². The molecule has 20 heavy (non-hydrogen) atoms. The predicted octanol–water partition coefficient (Wildman–Crippen LogP) is 1.25. The van der Waals surface area contributed by atoms with Gasteiger partial charge in [0, 0.05) is 31.9 Å². The zero-order valence-corrected chi connectivity index (χ0v) is 11.3. The van der Waals surface area contributed by atoms with Crippen molar-refractivity contribution in [2.24, 2.45) is 10.9 Å². The first-order valence-electron chi connectivity index (χ1n) is 6.25. The Kier molecular flexibility index (Phi) is 4.49. The summed E-state index contributed by atoms with van der Waals surface area (Å²) in [5, 5.41) is 11.5. The van der Waals surface area contributed by atoms with E-state index in [4.69, 9.17) is 10.9 Å². The van der Waals surface area contributed by atoms with Crippen LogP contribution in [0.25, 0.3) is 0 Å². The van der Waals surface area contributed by atoms with Gasteiger partial charge in [-0.15, -0.1) is 0 Å². The molecule has 0 aliphatic rings. The minimum absolute atomic E-state index is 0.00712. The number of anilines is 1. The molecule has 2 aromatic rings. The van der Waals surface area contributed by atoms with Crippen LogP contribution in [-0.2, 0) is 6.42 Å². The molecule has 0 amide bonds. The molecule has 0 saturated heterocycles. The second-order valence-electron chi connectivity index (χ2n) is 4.38. The summed E-state index contributed by atoms with van der Waals surface area (Å²) in [5.41, 5.74) is 7.95. The fraction of sp³-hybridized carbons (Fsp3) is 0.214. The van der Waals surface area contributed by atoms with Gasteiger partial charge in [0.25, 0.3) is 0 Å². The van der Waals surface area contributed by atoms with Crippen LogP contribution in [0.15, 0.2) is 47.9 Å². The Morgan fingerprint density at radius 3 is 2.75 bits per heavy atom. The summed E-state index contributed by atoms with van der Waals surface area (Å²) in [4.78, 5) is 10.5. The van der Waals surface area contributed by atoms with Gasteiger partial charge in [0.05, 0.1) is 11.9 Å². The highest BCUT2D eigenvalue weighted by atomic mass is 16.4. The molecule has 3 N–H and O–H groups in total. The van der Waals surface area contributed by atoms with Crippen molar-refractivity contribution in [1.82, 2.24) is 9.97 Å². The van der Waals surface area contributed by atoms with Gasteiger partial charge in [0.1, 0.15) is 5.69 Å². The lowest BCUT2D eigenvalue weighted by molar-refractivity contribution is 0.318. The summed E-state index contributed by atoms with van der Waals surface area (Å²) in [7, 11) is 1.99. The Morgan fingerprint density at radius 2 is 2.15 bits per heavy atom. The van der Waals surface area contributed by atoms with Crippen LogP contribution in [0.3, 0.4) is 0 Å². The Balaban J connectivity index is 1.97. The van der Waals surface area contributed by atoms with Crippen LogP contribution in [0.2, 0.25) is 0 Å². The minimum atomic E-state index is 0.00712. The number of nitrogens with zero attached hydrogens (tertiary/aromatic N) is 4. The van der Waals surface area contributed by atoms with Crippen molar-refractivity contribution in [3.8, 4) is 0 Å². The molecule has 0 atom stereocenters. The number of likely N-dealkylation sites (N-methyl/N-ethyl adjacent to an activating group) is 1. The maximum Gasteiger partial charge on any atom is 0.188 e. The highest BCUT2D eigenvalue weighted by Crippen LogP contribution is 2.11. The van der Waals surface area contributed by atoms with E-state index in [1.165, 1.54) is 0 Å². The first-order valence-corrected chi connectivity index (χ1v) is 6.25. The van der Waals surface area contributed by atoms with Crippen LogP contribution in [-0.4, -0.2) is 34.6 Å². The van der Waals surface area contributed by atoms with Gasteiger partial charge in [0.2, 0.25) is 0 Å². The third-order valence-electron chi connectivity index (χ3n) is 2.99. The van der Waals surface area contributed by atoms with E-state index >= 15 is 0 Å². The number of pyridine rings is 2. The smallest absolute Gasteiger partial charge is 0.188 e. The standard InChI is InChI=1S/C14H17N5O/c1-19(9-7-11-4-2-3-8-16-11)12-5-6-13(17-10-12)14(15)18-20/h2-6,8,10,20H,7,9H2,1H3,(H2,15,18). The first-order chi connectivity index (χ1) is 9.70. The molecule has 2 rings (SSSR count). The molecule has 2 aromatic heterocycles. The van der Waals surface area contributed by atoms with Gasteiger partial charge in [-0.1, -0.05) is 11.2 Å². The lowest BCUT2D eigenvalue weighted by atomic mass is 10.2. The molecule has 6 heteroatoms. The van der Waals surface area contributed by atoms with E-state index in [1.54, 1.807) is 18.5 Å². The molecule has 0 spiro atoms. The van der Waals surface area contributed by atoms with Crippen LogP contribution in [0.5, 0.6) is 0 Å². The van der Waals surface area contributed by atoms with E-state index in [9.17, 15) is 0 Å². The SMILES string of the molecule is CN(CCc1ccccn1)c1ccc(/C(N)=N/O)nc1. The molecule has 104 valence electrons. The molecule has 0 aliphatic carbocycles. The zero-order valence-electron chi connectivity index (χ0n) is 11.3. The molecular weight excluding hydrogens is 254 g/mol. The molecule has 0 aromatic carbocycles.